The third kappa shape index (κ3) is 6.10. The fourth-order valence-corrected chi connectivity index (χ4v) is 2.76. The molecule has 0 aliphatic carbocycles. The van der Waals surface area contributed by atoms with Crippen molar-refractivity contribution in [3.8, 4) is 5.75 Å². The summed E-state index contributed by atoms with van der Waals surface area (Å²) in [5.74, 6) is 0.690. The van der Waals surface area contributed by atoms with Gasteiger partial charge in [-0.1, -0.05) is 57.2 Å². The molecule has 0 unspecified atom stereocenters. The first-order chi connectivity index (χ1) is 12.4. The first-order valence-corrected chi connectivity index (χ1v) is 9.13. The predicted octanol–water partition coefficient (Wildman–Crippen LogP) is 4.01. The van der Waals surface area contributed by atoms with E-state index in [0.717, 1.165) is 24.3 Å². The maximum atomic E-state index is 12.0. The van der Waals surface area contributed by atoms with Gasteiger partial charge in [0.1, 0.15) is 5.75 Å². The molecule has 0 aromatic heterocycles. The van der Waals surface area contributed by atoms with E-state index in [1.54, 1.807) is 0 Å². The van der Waals surface area contributed by atoms with E-state index in [-0.39, 0.29) is 17.9 Å². The smallest absolute Gasteiger partial charge is 0.257 e. The maximum Gasteiger partial charge on any atom is 0.257 e. The second-order valence-corrected chi connectivity index (χ2v) is 7.50. The molecule has 2 aromatic rings. The number of rotatable bonds is 8. The Morgan fingerprint density at radius 3 is 2.38 bits per heavy atom. The van der Waals surface area contributed by atoms with E-state index < -0.39 is 0 Å². The number of benzene rings is 2. The minimum Gasteiger partial charge on any atom is -0.483 e. The van der Waals surface area contributed by atoms with Crippen LogP contribution >= 0.6 is 0 Å². The van der Waals surface area contributed by atoms with E-state index in [9.17, 15) is 4.79 Å². The topological polar surface area (TPSA) is 41.6 Å². The van der Waals surface area contributed by atoms with Gasteiger partial charge >= 0.3 is 0 Å². The zero-order valence-corrected chi connectivity index (χ0v) is 16.3. The highest BCUT2D eigenvalue weighted by atomic mass is 16.5. The van der Waals surface area contributed by atoms with Crippen molar-refractivity contribution < 1.29 is 9.53 Å². The number of carbonyl (C=O) groups is 1. The summed E-state index contributed by atoms with van der Waals surface area (Å²) in [5, 5.41) is 2.93. The van der Waals surface area contributed by atoms with Crippen LogP contribution in [0.25, 0.3) is 0 Å². The summed E-state index contributed by atoms with van der Waals surface area (Å²) in [6.07, 6.45) is 0.885. The lowest BCUT2D eigenvalue weighted by Gasteiger charge is -2.22. The molecular weight excluding hydrogens is 324 g/mol. The Labute approximate surface area is 157 Å². The maximum absolute atomic E-state index is 12.0. The highest BCUT2D eigenvalue weighted by molar-refractivity contribution is 5.77. The van der Waals surface area contributed by atoms with Crippen molar-refractivity contribution in [1.82, 2.24) is 5.32 Å². The fraction of sp³-hybridized carbons (Fsp3) is 0.409. The van der Waals surface area contributed by atoms with Gasteiger partial charge in [-0.15, -0.1) is 0 Å². The molecule has 0 heterocycles. The number of carbonyl (C=O) groups excluding carboxylic acids is 1. The average Bonchev–Trinajstić information content (AvgIpc) is 2.63. The van der Waals surface area contributed by atoms with E-state index in [0.29, 0.717) is 6.54 Å². The Hall–Kier alpha value is -2.49. The van der Waals surface area contributed by atoms with Crippen molar-refractivity contribution in [3.63, 3.8) is 0 Å². The van der Waals surface area contributed by atoms with Crippen molar-refractivity contribution in [3.05, 3.63) is 60.2 Å². The number of nitrogens with zero attached hydrogens (tertiary/aromatic N) is 1. The van der Waals surface area contributed by atoms with Crippen LogP contribution in [0.4, 0.5) is 5.69 Å². The molecule has 0 aliphatic heterocycles. The van der Waals surface area contributed by atoms with Crippen LogP contribution in [0.2, 0.25) is 0 Å². The van der Waals surface area contributed by atoms with Gasteiger partial charge in [0.05, 0.1) is 0 Å². The normalized spacial score (nSPS) is 11.1. The third-order valence-electron chi connectivity index (χ3n) is 4.24. The zero-order chi connectivity index (χ0) is 19.0. The number of hydrogen-bond donors (Lipinski definition) is 1. The first-order valence-electron chi connectivity index (χ1n) is 9.13. The Morgan fingerprint density at radius 1 is 1.04 bits per heavy atom. The number of anilines is 1. The average molecular weight is 354 g/mol. The third-order valence-corrected chi connectivity index (χ3v) is 4.24. The Balaban J connectivity index is 1.72. The molecule has 0 spiro atoms. The molecule has 0 saturated heterocycles. The number of ether oxygens (including phenoxy) is 1. The quantitative estimate of drug-likeness (QED) is 0.729. The molecule has 140 valence electrons. The van der Waals surface area contributed by atoms with Crippen LogP contribution in [-0.2, 0) is 10.2 Å². The van der Waals surface area contributed by atoms with Gasteiger partial charge in [0.25, 0.3) is 5.91 Å². The van der Waals surface area contributed by atoms with Gasteiger partial charge in [-0.3, -0.25) is 4.79 Å². The number of amides is 1. The van der Waals surface area contributed by atoms with Gasteiger partial charge in [0, 0.05) is 25.8 Å². The van der Waals surface area contributed by atoms with Crippen LogP contribution in [0.1, 0.15) is 32.8 Å². The first kappa shape index (κ1) is 19.8. The highest BCUT2D eigenvalue weighted by Crippen LogP contribution is 2.30. The molecule has 0 aliphatic rings. The van der Waals surface area contributed by atoms with Crippen LogP contribution < -0.4 is 15.0 Å². The molecule has 2 aromatic carbocycles. The molecule has 4 heteroatoms. The predicted molar refractivity (Wildman–Crippen MR) is 108 cm³/mol. The van der Waals surface area contributed by atoms with E-state index in [4.69, 9.17) is 4.74 Å². The van der Waals surface area contributed by atoms with Crippen molar-refractivity contribution >= 4 is 11.6 Å². The molecule has 2 rings (SSSR count). The van der Waals surface area contributed by atoms with Gasteiger partial charge < -0.3 is 15.0 Å². The van der Waals surface area contributed by atoms with Crippen LogP contribution in [0.15, 0.2) is 54.6 Å². The molecule has 0 atom stereocenters. The van der Waals surface area contributed by atoms with E-state index >= 15 is 0 Å². The summed E-state index contributed by atoms with van der Waals surface area (Å²) in [4.78, 5) is 14.2. The summed E-state index contributed by atoms with van der Waals surface area (Å²) in [5.41, 5.74) is 2.27. The number of hydrogen-bond acceptors (Lipinski definition) is 3. The summed E-state index contributed by atoms with van der Waals surface area (Å²) < 4.78 is 5.75. The molecule has 0 saturated carbocycles. The number of para-hydroxylation sites is 2. The number of nitrogens with one attached hydrogen (secondary N) is 1. The molecule has 0 fully saturated rings. The largest absolute Gasteiger partial charge is 0.483 e. The van der Waals surface area contributed by atoms with Gasteiger partial charge in [-0.05, 0) is 35.6 Å². The summed E-state index contributed by atoms with van der Waals surface area (Å²) in [6.45, 7) is 7.98. The molecule has 26 heavy (non-hydrogen) atoms. The summed E-state index contributed by atoms with van der Waals surface area (Å²) >= 11 is 0. The molecule has 1 N–H and O–H groups in total. The lowest BCUT2D eigenvalue weighted by molar-refractivity contribution is -0.123. The minimum absolute atomic E-state index is 0.0188. The molecule has 0 radical (unpaired) electrons. The standard InChI is InChI=1S/C22H30N2O2/c1-22(2,3)19-13-8-9-14-20(19)26-17-21(25)23-15-10-16-24(4)18-11-6-5-7-12-18/h5-9,11-14H,10,15-17H2,1-4H3,(H,23,25). The van der Waals surface area contributed by atoms with Crippen molar-refractivity contribution in [2.75, 3.05) is 31.6 Å². The van der Waals surface area contributed by atoms with Crippen molar-refractivity contribution in [2.24, 2.45) is 0 Å². The molecule has 0 bridgehead atoms. The van der Waals surface area contributed by atoms with E-state index in [2.05, 4.69) is 50.2 Å². The van der Waals surface area contributed by atoms with Crippen molar-refractivity contribution in [2.45, 2.75) is 32.6 Å². The Bertz CT molecular complexity index is 693. The Kier molecular flexibility index (Phi) is 7.07. The van der Waals surface area contributed by atoms with Crippen LogP contribution in [0.3, 0.4) is 0 Å². The monoisotopic (exact) mass is 354 g/mol. The SMILES string of the molecule is CN(CCCNC(=O)COc1ccccc1C(C)(C)C)c1ccccc1. The molecular formula is C22H30N2O2. The van der Waals surface area contributed by atoms with Crippen LogP contribution in [0, 0.1) is 0 Å². The van der Waals surface area contributed by atoms with Crippen LogP contribution in [0.5, 0.6) is 5.75 Å². The van der Waals surface area contributed by atoms with Gasteiger partial charge in [0.2, 0.25) is 0 Å². The summed E-state index contributed by atoms with van der Waals surface area (Å²) in [7, 11) is 2.06. The zero-order valence-electron chi connectivity index (χ0n) is 16.3. The lowest BCUT2D eigenvalue weighted by atomic mass is 9.86. The highest BCUT2D eigenvalue weighted by Gasteiger charge is 2.18. The van der Waals surface area contributed by atoms with Crippen molar-refractivity contribution in [1.29, 1.82) is 0 Å². The Morgan fingerprint density at radius 2 is 1.69 bits per heavy atom. The van der Waals surface area contributed by atoms with Gasteiger partial charge in [-0.25, -0.2) is 0 Å². The second kappa shape index (κ2) is 9.27. The summed E-state index contributed by atoms with van der Waals surface area (Å²) in [6, 6.07) is 18.1. The van der Waals surface area contributed by atoms with Crippen LogP contribution in [-0.4, -0.2) is 32.7 Å². The van der Waals surface area contributed by atoms with E-state index in [1.165, 1.54) is 5.69 Å². The van der Waals surface area contributed by atoms with E-state index in [1.807, 2.05) is 42.5 Å². The second-order valence-electron chi connectivity index (χ2n) is 7.50. The minimum atomic E-state index is -0.0870. The lowest BCUT2D eigenvalue weighted by Crippen LogP contribution is -2.32. The fourth-order valence-electron chi connectivity index (χ4n) is 2.76. The van der Waals surface area contributed by atoms with Gasteiger partial charge in [-0.2, -0.15) is 0 Å². The molecule has 1 amide bonds. The van der Waals surface area contributed by atoms with Gasteiger partial charge in [0.15, 0.2) is 6.61 Å². The molecule has 4 nitrogen and oxygen atoms in total.